The minimum atomic E-state index is -1.37. The van der Waals surface area contributed by atoms with Crippen LogP contribution in [-0.4, -0.2) is 99.6 Å². The lowest BCUT2D eigenvalue weighted by Gasteiger charge is -2.39. The van der Waals surface area contributed by atoms with Gasteiger partial charge in [-0.2, -0.15) is 0 Å². The van der Waals surface area contributed by atoms with E-state index in [0.717, 1.165) is 18.4 Å². The van der Waals surface area contributed by atoms with E-state index in [4.69, 9.17) is 9.47 Å². The van der Waals surface area contributed by atoms with E-state index in [0.29, 0.717) is 13.0 Å². The predicted octanol–water partition coefficient (Wildman–Crippen LogP) is 3.02. The number of ether oxygens (including phenoxy) is 2. The molecule has 238 valence electrons. The summed E-state index contributed by atoms with van der Waals surface area (Å²) in [6.45, 7) is 7.53. The number of esters is 1. The van der Waals surface area contributed by atoms with Gasteiger partial charge in [0.15, 0.2) is 0 Å². The van der Waals surface area contributed by atoms with Crippen LogP contribution in [0.25, 0.3) is 0 Å². The molecule has 10 heteroatoms. The molecule has 1 N–H and O–H groups in total. The van der Waals surface area contributed by atoms with Crippen molar-refractivity contribution >= 4 is 23.7 Å². The lowest BCUT2D eigenvalue weighted by atomic mass is 9.74. The molecule has 0 aromatic heterocycles. The fourth-order valence-corrected chi connectivity index (χ4v) is 7.35. The standard InChI is InChI=1S/C34H45N3O7/c1-6-13-21(2)36-19-12-8-11-16-26(39)35(5)23(4)29(24-14-9-7-10-15-24)43-33(42)27-25-17-18-34(44-25)28(27)31(40)37(22(3)20-38)30(34)32(36)41/h7-10,12,14-15,17-18,21-23,25,27-30,38H,6,11,13,16,19-20H2,1-5H3/b12-8-/t21?,22-,23+,25-,27+,28+,29-,30-,34+/m1/s1. The van der Waals surface area contributed by atoms with Crippen LogP contribution in [0.5, 0.6) is 0 Å². The highest BCUT2D eigenvalue weighted by Gasteiger charge is 2.74. The number of aliphatic hydroxyl groups excluding tert-OH is 1. The van der Waals surface area contributed by atoms with E-state index in [2.05, 4.69) is 6.92 Å². The van der Waals surface area contributed by atoms with Crippen molar-refractivity contribution in [3.05, 3.63) is 60.2 Å². The van der Waals surface area contributed by atoms with Crippen LogP contribution < -0.4 is 0 Å². The van der Waals surface area contributed by atoms with Gasteiger partial charge in [0.05, 0.1) is 30.7 Å². The minimum absolute atomic E-state index is 0.0938. The number of carbonyl (C=O) groups is 4. The summed E-state index contributed by atoms with van der Waals surface area (Å²) in [5.74, 6) is -3.39. The van der Waals surface area contributed by atoms with E-state index >= 15 is 0 Å². The SMILES string of the molecule is CCCC(C)N1C/C=C\CCC(=O)N(C)[C@@H](C)[C@H](c2ccccc2)OC(=O)[C@@H]2[C@H]3C(=O)N([C@H](C)CO)[C@H](C1=O)[C@]31C=C[C@H]2O1. The smallest absolute Gasteiger partial charge is 0.313 e. The summed E-state index contributed by atoms with van der Waals surface area (Å²) in [6.07, 6.45) is 8.14. The maximum Gasteiger partial charge on any atom is 0.313 e. The number of hydrogen-bond donors (Lipinski definition) is 1. The Morgan fingerprint density at radius 1 is 1.05 bits per heavy atom. The molecule has 0 aliphatic carbocycles. The number of aliphatic hydroxyl groups is 1. The number of amides is 3. The van der Waals surface area contributed by atoms with Crippen LogP contribution in [0.1, 0.15) is 65.0 Å². The van der Waals surface area contributed by atoms with E-state index in [1.165, 1.54) is 4.90 Å². The van der Waals surface area contributed by atoms with Gasteiger partial charge in [-0.15, -0.1) is 0 Å². The zero-order chi connectivity index (χ0) is 31.8. The summed E-state index contributed by atoms with van der Waals surface area (Å²) >= 11 is 0. The van der Waals surface area contributed by atoms with Gasteiger partial charge in [-0.05, 0) is 39.2 Å². The second-order valence-corrected chi connectivity index (χ2v) is 12.6. The number of fused-ring (bicyclic) bond motifs is 2. The van der Waals surface area contributed by atoms with Crippen molar-refractivity contribution < 1.29 is 33.8 Å². The minimum Gasteiger partial charge on any atom is -0.455 e. The monoisotopic (exact) mass is 607 g/mol. The van der Waals surface area contributed by atoms with Crippen LogP contribution in [0.3, 0.4) is 0 Å². The van der Waals surface area contributed by atoms with Gasteiger partial charge in [-0.1, -0.05) is 68.0 Å². The second kappa shape index (κ2) is 12.9. The third-order valence-electron chi connectivity index (χ3n) is 9.89. The average Bonchev–Trinajstić information content (AvgIpc) is 3.67. The summed E-state index contributed by atoms with van der Waals surface area (Å²) in [5, 5.41) is 10.2. The number of carbonyl (C=O) groups excluding carboxylic acids is 4. The molecular formula is C34H45N3O7. The third-order valence-corrected chi connectivity index (χ3v) is 9.89. The fourth-order valence-electron chi connectivity index (χ4n) is 7.35. The highest BCUT2D eigenvalue weighted by Crippen LogP contribution is 2.56. The molecule has 0 saturated carbocycles. The third kappa shape index (κ3) is 5.36. The topological polar surface area (TPSA) is 117 Å². The molecule has 0 radical (unpaired) electrons. The highest BCUT2D eigenvalue weighted by atomic mass is 16.6. The van der Waals surface area contributed by atoms with Crippen LogP contribution >= 0.6 is 0 Å². The van der Waals surface area contributed by atoms with Crippen LogP contribution in [0, 0.1) is 11.8 Å². The average molecular weight is 608 g/mol. The highest BCUT2D eigenvalue weighted by molar-refractivity contribution is 5.99. The first kappa shape index (κ1) is 31.9. The zero-order valence-corrected chi connectivity index (χ0v) is 26.3. The van der Waals surface area contributed by atoms with Crippen LogP contribution in [0.15, 0.2) is 54.6 Å². The van der Waals surface area contributed by atoms with Gasteiger partial charge in [0.1, 0.15) is 23.7 Å². The Balaban J connectivity index is 1.61. The summed E-state index contributed by atoms with van der Waals surface area (Å²) in [4.78, 5) is 61.1. The lowest BCUT2D eigenvalue weighted by Crippen LogP contribution is -2.59. The molecule has 2 fully saturated rings. The Hall–Kier alpha value is -3.50. The molecule has 5 bridgehead atoms. The Kier molecular flexibility index (Phi) is 9.32. The number of allylic oxidation sites excluding steroid dienone is 1. The van der Waals surface area contributed by atoms with Crippen molar-refractivity contribution in [1.82, 2.24) is 14.7 Å². The molecule has 4 aliphatic rings. The predicted molar refractivity (Wildman–Crippen MR) is 163 cm³/mol. The molecule has 3 amide bonds. The largest absolute Gasteiger partial charge is 0.455 e. The molecule has 1 unspecified atom stereocenters. The quantitative estimate of drug-likeness (QED) is 0.390. The van der Waals surface area contributed by atoms with Crippen molar-refractivity contribution in [2.24, 2.45) is 11.8 Å². The summed E-state index contributed by atoms with van der Waals surface area (Å²) < 4.78 is 12.7. The van der Waals surface area contributed by atoms with Crippen molar-refractivity contribution in [2.45, 2.75) is 95.4 Å². The normalized spacial score (nSPS) is 34.7. The molecule has 10 nitrogen and oxygen atoms in total. The number of hydrogen-bond acceptors (Lipinski definition) is 7. The first-order valence-corrected chi connectivity index (χ1v) is 15.8. The second-order valence-electron chi connectivity index (χ2n) is 12.6. The fraction of sp³-hybridized carbons (Fsp3) is 0.588. The molecule has 4 heterocycles. The molecule has 4 aliphatic heterocycles. The van der Waals surface area contributed by atoms with Gasteiger partial charge >= 0.3 is 5.97 Å². The first-order valence-electron chi connectivity index (χ1n) is 15.8. The van der Waals surface area contributed by atoms with Gasteiger partial charge in [0.25, 0.3) is 0 Å². The Bertz CT molecular complexity index is 1310. The number of rotatable bonds is 6. The molecule has 2 saturated heterocycles. The Labute approximate surface area is 259 Å². The van der Waals surface area contributed by atoms with E-state index in [1.807, 2.05) is 56.3 Å². The first-order chi connectivity index (χ1) is 21.1. The number of nitrogens with zero attached hydrogens (tertiary/aromatic N) is 3. The van der Waals surface area contributed by atoms with Gasteiger partial charge in [0.2, 0.25) is 17.7 Å². The lowest BCUT2D eigenvalue weighted by molar-refractivity contribution is -0.164. The number of likely N-dealkylation sites (tertiary alicyclic amines) is 1. The van der Waals surface area contributed by atoms with Gasteiger partial charge < -0.3 is 29.3 Å². The van der Waals surface area contributed by atoms with Crippen molar-refractivity contribution in [1.29, 1.82) is 0 Å². The Morgan fingerprint density at radius 2 is 1.77 bits per heavy atom. The molecule has 9 atom stereocenters. The summed E-state index contributed by atoms with van der Waals surface area (Å²) in [5.41, 5.74) is -0.643. The van der Waals surface area contributed by atoms with Crippen molar-refractivity contribution in [3.8, 4) is 0 Å². The van der Waals surface area contributed by atoms with Crippen LogP contribution in [0.2, 0.25) is 0 Å². The molecular weight excluding hydrogens is 562 g/mol. The number of benzene rings is 1. The van der Waals surface area contributed by atoms with Crippen molar-refractivity contribution in [3.63, 3.8) is 0 Å². The van der Waals surface area contributed by atoms with E-state index in [9.17, 15) is 24.3 Å². The van der Waals surface area contributed by atoms with Crippen LogP contribution in [-0.2, 0) is 28.7 Å². The Morgan fingerprint density at radius 3 is 2.45 bits per heavy atom. The number of cyclic esters (lactones) is 1. The molecule has 1 aromatic rings. The molecule has 5 rings (SSSR count). The number of likely N-dealkylation sites (N-methyl/N-ethyl adjacent to an activating group) is 1. The van der Waals surface area contributed by atoms with Crippen LogP contribution in [0.4, 0.5) is 0 Å². The van der Waals surface area contributed by atoms with E-state index in [-0.39, 0.29) is 30.9 Å². The molecule has 44 heavy (non-hydrogen) atoms. The van der Waals surface area contributed by atoms with Gasteiger partial charge in [-0.3, -0.25) is 19.2 Å². The van der Waals surface area contributed by atoms with Crippen molar-refractivity contribution in [2.75, 3.05) is 20.2 Å². The summed E-state index contributed by atoms with van der Waals surface area (Å²) in [7, 11) is 1.71. The maximum atomic E-state index is 14.6. The van der Waals surface area contributed by atoms with E-state index < -0.39 is 59.6 Å². The van der Waals surface area contributed by atoms with Gasteiger partial charge in [-0.25, -0.2) is 0 Å². The molecule has 1 aromatic carbocycles. The molecule has 1 spiro atoms. The van der Waals surface area contributed by atoms with E-state index in [1.54, 1.807) is 35.9 Å². The maximum absolute atomic E-state index is 14.6. The summed E-state index contributed by atoms with van der Waals surface area (Å²) in [6, 6.07) is 6.89. The van der Waals surface area contributed by atoms with Gasteiger partial charge in [0, 0.05) is 26.1 Å². The zero-order valence-electron chi connectivity index (χ0n) is 26.3.